The van der Waals surface area contributed by atoms with Crippen LogP contribution in [0.15, 0.2) is 18.2 Å². The zero-order valence-electron chi connectivity index (χ0n) is 10.1. The highest BCUT2D eigenvalue weighted by atomic mass is 35.5. The van der Waals surface area contributed by atoms with Gasteiger partial charge in [0.25, 0.3) is 0 Å². The summed E-state index contributed by atoms with van der Waals surface area (Å²) in [6.07, 6.45) is 2.59. The van der Waals surface area contributed by atoms with Crippen molar-refractivity contribution < 1.29 is 0 Å². The summed E-state index contributed by atoms with van der Waals surface area (Å²) in [6.45, 7) is 6.86. The Labute approximate surface area is 103 Å². The molecule has 1 fully saturated rings. The van der Waals surface area contributed by atoms with Gasteiger partial charge >= 0.3 is 0 Å². The number of hydrogen-bond donors (Lipinski definition) is 1. The maximum absolute atomic E-state index is 6.00. The zero-order valence-corrected chi connectivity index (χ0v) is 10.8. The van der Waals surface area contributed by atoms with Crippen LogP contribution in [-0.2, 0) is 0 Å². The van der Waals surface area contributed by atoms with E-state index in [1.54, 1.807) is 0 Å². The molecule has 1 N–H and O–H groups in total. The van der Waals surface area contributed by atoms with E-state index >= 15 is 0 Å². The van der Waals surface area contributed by atoms with Gasteiger partial charge in [0, 0.05) is 5.02 Å². The third kappa shape index (κ3) is 2.58. The van der Waals surface area contributed by atoms with E-state index in [9.17, 15) is 0 Å². The molecule has 0 saturated carbocycles. The van der Waals surface area contributed by atoms with Crippen LogP contribution in [0.3, 0.4) is 0 Å². The van der Waals surface area contributed by atoms with Gasteiger partial charge in [-0.3, -0.25) is 0 Å². The lowest BCUT2D eigenvalue weighted by Gasteiger charge is -2.29. The monoisotopic (exact) mass is 237 g/mol. The van der Waals surface area contributed by atoms with Gasteiger partial charge in [-0.05, 0) is 68.0 Å². The Morgan fingerprint density at radius 2 is 2.00 bits per heavy atom. The van der Waals surface area contributed by atoms with E-state index in [2.05, 4.69) is 31.3 Å². The van der Waals surface area contributed by atoms with Crippen molar-refractivity contribution in [1.29, 1.82) is 0 Å². The Hall–Kier alpha value is -0.530. The van der Waals surface area contributed by atoms with E-state index in [4.69, 9.17) is 11.6 Å². The van der Waals surface area contributed by atoms with Gasteiger partial charge in [-0.15, -0.1) is 0 Å². The SMILES string of the molecule is Cc1cc(Cl)ccc1C(C)C1CCNCC1. The molecule has 2 rings (SSSR count). The van der Waals surface area contributed by atoms with Gasteiger partial charge < -0.3 is 5.32 Å². The second-order valence-electron chi connectivity index (χ2n) is 4.88. The average molecular weight is 238 g/mol. The van der Waals surface area contributed by atoms with Crippen molar-refractivity contribution in [3.05, 3.63) is 34.3 Å². The summed E-state index contributed by atoms with van der Waals surface area (Å²) in [5.41, 5.74) is 2.80. The van der Waals surface area contributed by atoms with Crippen LogP contribution in [0.1, 0.15) is 36.8 Å². The number of piperidine rings is 1. The summed E-state index contributed by atoms with van der Waals surface area (Å²) in [5, 5.41) is 4.27. The Morgan fingerprint density at radius 1 is 1.31 bits per heavy atom. The predicted octanol–water partition coefficient (Wildman–Crippen LogP) is 3.75. The van der Waals surface area contributed by atoms with Crippen LogP contribution in [-0.4, -0.2) is 13.1 Å². The highest BCUT2D eigenvalue weighted by Crippen LogP contribution is 2.33. The molecule has 1 aliphatic heterocycles. The van der Waals surface area contributed by atoms with Crippen LogP contribution in [0.2, 0.25) is 5.02 Å². The molecular weight excluding hydrogens is 218 g/mol. The molecule has 16 heavy (non-hydrogen) atoms. The molecule has 1 aromatic carbocycles. The second kappa shape index (κ2) is 5.20. The van der Waals surface area contributed by atoms with Gasteiger partial charge in [0.2, 0.25) is 0 Å². The number of hydrogen-bond acceptors (Lipinski definition) is 1. The minimum absolute atomic E-state index is 0.652. The molecule has 0 aromatic heterocycles. The van der Waals surface area contributed by atoms with Gasteiger partial charge in [-0.25, -0.2) is 0 Å². The molecule has 1 heterocycles. The summed E-state index contributed by atoms with van der Waals surface area (Å²) in [5.74, 6) is 1.47. The van der Waals surface area contributed by atoms with Crippen LogP contribution in [0.5, 0.6) is 0 Å². The molecule has 0 spiro atoms. The van der Waals surface area contributed by atoms with E-state index in [-0.39, 0.29) is 0 Å². The van der Waals surface area contributed by atoms with Crippen LogP contribution in [0.25, 0.3) is 0 Å². The fourth-order valence-corrected chi connectivity index (χ4v) is 2.97. The summed E-state index contributed by atoms with van der Waals surface area (Å²) in [4.78, 5) is 0. The predicted molar refractivity (Wildman–Crippen MR) is 70.2 cm³/mol. The number of benzene rings is 1. The lowest BCUT2D eigenvalue weighted by molar-refractivity contribution is 0.330. The highest BCUT2D eigenvalue weighted by Gasteiger charge is 2.22. The fourth-order valence-electron chi connectivity index (χ4n) is 2.75. The Bertz CT molecular complexity index is 356. The third-order valence-corrected chi connectivity index (χ3v) is 4.05. The standard InChI is InChI=1S/C14H20ClN/c1-10-9-13(15)3-4-14(10)11(2)12-5-7-16-8-6-12/h3-4,9,11-12,16H,5-8H2,1-2H3. The van der Waals surface area contributed by atoms with Gasteiger partial charge in [0.05, 0.1) is 0 Å². The Kier molecular flexibility index (Phi) is 3.88. The smallest absolute Gasteiger partial charge is 0.0408 e. The molecule has 1 saturated heterocycles. The van der Waals surface area contributed by atoms with Gasteiger partial charge in [0.1, 0.15) is 0 Å². The number of aryl methyl sites for hydroxylation is 1. The van der Waals surface area contributed by atoms with E-state index in [0.29, 0.717) is 5.92 Å². The molecule has 1 aromatic rings. The molecule has 1 aliphatic rings. The molecule has 1 atom stereocenters. The van der Waals surface area contributed by atoms with Crippen LogP contribution in [0.4, 0.5) is 0 Å². The van der Waals surface area contributed by atoms with E-state index < -0.39 is 0 Å². The first kappa shape index (κ1) is 11.9. The minimum atomic E-state index is 0.652. The number of halogens is 1. The molecule has 0 amide bonds. The molecular formula is C14H20ClN. The Morgan fingerprint density at radius 3 is 2.62 bits per heavy atom. The normalized spacial score (nSPS) is 19.7. The number of rotatable bonds is 2. The first-order valence-corrected chi connectivity index (χ1v) is 6.53. The highest BCUT2D eigenvalue weighted by molar-refractivity contribution is 6.30. The largest absolute Gasteiger partial charge is 0.317 e. The summed E-state index contributed by atoms with van der Waals surface area (Å²) in [7, 11) is 0. The van der Waals surface area contributed by atoms with Crippen LogP contribution in [0, 0.1) is 12.8 Å². The second-order valence-corrected chi connectivity index (χ2v) is 5.31. The average Bonchev–Trinajstić information content (AvgIpc) is 2.29. The quantitative estimate of drug-likeness (QED) is 0.826. The van der Waals surface area contributed by atoms with Crippen molar-refractivity contribution in [3.63, 3.8) is 0 Å². The molecule has 0 bridgehead atoms. The molecule has 1 unspecified atom stereocenters. The van der Waals surface area contributed by atoms with Crippen molar-refractivity contribution in [2.45, 2.75) is 32.6 Å². The first-order chi connectivity index (χ1) is 7.68. The van der Waals surface area contributed by atoms with Crippen molar-refractivity contribution in [2.24, 2.45) is 5.92 Å². The van der Waals surface area contributed by atoms with Crippen molar-refractivity contribution in [1.82, 2.24) is 5.32 Å². The lowest BCUT2D eigenvalue weighted by atomic mass is 9.80. The van der Waals surface area contributed by atoms with Crippen molar-refractivity contribution in [2.75, 3.05) is 13.1 Å². The lowest BCUT2D eigenvalue weighted by Crippen LogP contribution is -2.30. The topological polar surface area (TPSA) is 12.0 Å². The van der Waals surface area contributed by atoms with Gasteiger partial charge in [0.15, 0.2) is 0 Å². The molecule has 0 radical (unpaired) electrons. The summed E-state index contributed by atoms with van der Waals surface area (Å²) >= 11 is 6.00. The van der Waals surface area contributed by atoms with Crippen LogP contribution < -0.4 is 5.32 Å². The molecule has 1 nitrogen and oxygen atoms in total. The van der Waals surface area contributed by atoms with Crippen molar-refractivity contribution in [3.8, 4) is 0 Å². The summed E-state index contributed by atoms with van der Waals surface area (Å²) < 4.78 is 0. The zero-order chi connectivity index (χ0) is 11.5. The molecule has 0 aliphatic carbocycles. The van der Waals surface area contributed by atoms with E-state index in [1.165, 1.54) is 37.1 Å². The van der Waals surface area contributed by atoms with E-state index in [1.807, 2.05) is 6.07 Å². The molecule has 88 valence electrons. The third-order valence-electron chi connectivity index (χ3n) is 3.81. The Balaban J connectivity index is 2.15. The van der Waals surface area contributed by atoms with E-state index in [0.717, 1.165) is 10.9 Å². The van der Waals surface area contributed by atoms with Gasteiger partial charge in [-0.1, -0.05) is 24.6 Å². The maximum Gasteiger partial charge on any atom is 0.0408 e. The maximum atomic E-state index is 6.00. The summed E-state index contributed by atoms with van der Waals surface area (Å²) in [6, 6.07) is 6.29. The molecule has 2 heteroatoms. The number of nitrogens with one attached hydrogen (secondary N) is 1. The van der Waals surface area contributed by atoms with Gasteiger partial charge in [-0.2, -0.15) is 0 Å². The minimum Gasteiger partial charge on any atom is -0.317 e. The fraction of sp³-hybridized carbons (Fsp3) is 0.571. The van der Waals surface area contributed by atoms with Crippen molar-refractivity contribution >= 4 is 11.6 Å². The first-order valence-electron chi connectivity index (χ1n) is 6.15. The van der Waals surface area contributed by atoms with Crippen LogP contribution >= 0.6 is 11.6 Å².